The van der Waals surface area contributed by atoms with Crippen molar-refractivity contribution in [2.45, 2.75) is 57.9 Å². The first-order chi connectivity index (χ1) is 10.3. The molecule has 0 amide bonds. The molecule has 2 aliphatic rings. The predicted octanol–water partition coefficient (Wildman–Crippen LogP) is 1.52. The summed E-state index contributed by atoms with van der Waals surface area (Å²) in [6, 6.07) is 8.86. The molecule has 0 aromatic heterocycles. The molecular weight excluding hydrogens is 275 g/mol. The molecule has 0 saturated carbocycles. The van der Waals surface area contributed by atoms with Gasteiger partial charge in [0.05, 0.1) is 11.2 Å². The van der Waals surface area contributed by atoms with E-state index in [2.05, 4.69) is 56.9 Å². The third-order valence-electron chi connectivity index (χ3n) is 5.19. The zero-order chi connectivity index (χ0) is 16.0. The summed E-state index contributed by atoms with van der Waals surface area (Å²) in [7, 11) is -0.286. The molecule has 2 heterocycles. The number of rotatable bonds is 3. The zero-order valence-corrected chi connectivity index (χ0v) is 14.1. The standard InChI is InChI=1S/C17H27BN2O2/c1-16(2)17(3,4)22-18(21-16)14-7-5-6-13(10-14)11-20-9-8-15(19)12-20/h5-7,10,15H,8-9,11-12,19H2,1-4H3/t15-/m1/s1. The fourth-order valence-electron chi connectivity index (χ4n) is 3.08. The largest absolute Gasteiger partial charge is 0.494 e. The van der Waals surface area contributed by atoms with Crippen LogP contribution in [0, 0.1) is 0 Å². The van der Waals surface area contributed by atoms with Crippen LogP contribution in [0.3, 0.4) is 0 Å². The smallest absolute Gasteiger partial charge is 0.399 e. The van der Waals surface area contributed by atoms with Crippen molar-refractivity contribution in [2.24, 2.45) is 5.73 Å². The lowest BCUT2D eigenvalue weighted by Gasteiger charge is -2.32. The van der Waals surface area contributed by atoms with E-state index >= 15 is 0 Å². The van der Waals surface area contributed by atoms with E-state index in [1.54, 1.807) is 0 Å². The summed E-state index contributed by atoms with van der Waals surface area (Å²) >= 11 is 0. The van der Waals surface area contributed by atoms with E-state index in [1.165, 1.54) is 5.56 Å². The molecule has 120 valence electrons. The van der Waals surface area contributed by atoms with Gasteiger partial charge in [0.15, 0.2) is 0 Å². The second kappa shape index (κ2) is 5.64. The Balaban J connectivity index is 1.72. The van der Waals surface area contributed by atoms with Crippen LogP contribution in [0.2, 0.25) is 0 Å². The van der Waals surface area contributed by atoms with E-state index in [9.17, 15) is 0 Å². The van der Waals surface area contributed by atoms with Gasteiger partial charge >= 0.3 is 7.12 Å². The summed E-state index contributed by atoms with van der Waals surface area (Å²) in [5.74, 6) is 0. The maximum Gasteiger partial charge on any atom is 0.494 e. The van der Waals surface area contributed by atoms with Crippen molar-refractivity contribution < 1.29 is 9.31 Å². The van der Waals surface area contributed by atoms with Gasteiger partial charge in [-0.1, -0.05) is 24.3 Å². The van der Waals surface area contributed by atoms with Crippen molar-refractivity contribution in [1.82, 2.24) is 4.90 Å². The molecule has 2 N–H and O–H groups in total. The van der Waals surface area contributed by atoms with Gasteiger partial charge in [0, 0.05) is 25.7 Å². The fraction of sp³-hybridized carbons (Fsp3) is 0.647. The Morgan fingerprint density at radius 3 is 2.50 bits per heavy atom. The van der Waals surface area contributed by atoms with E-state index in [0.29, 0.717) is 6.04 Å². The minimum atomic E-state index is -0.296. The van der Waals surface area contributed by atoms with Crippen molar-refractivity contribution in [3.63, 3.8) is 0 Å². The maximum absolute atomic E-state index is 6.14. The van der Waals surface area contributed by atoms with Gasteiger partial charge < -0.3 is 15.0 Å². The Morgan fingerprint density at radius 1 is 1.23 bits per heavy atom. The second-order valence-electron chi connectivity index (χ2n) is 7.62. The number of benzene rings is 1. The lowest BCUT2D eigenvalue weighted by molar-refractivity contribution is 0.00578. The molecular formula is C17H27BN2O2. The quantitative estimate of drug-likeness (QED) is 0.860. The van der Waals surface area contributed by atoms with Crippen LogP contribution in [0.25, 0.3) is 0 Å². The molecule has 0 unspecified atom stereocenters. The predicted molar refractivity (Wildman–Crippen MR) is 90.0 cm³/mol. The molecule has 4 nitrogen and oxygen atoms in total. The highest BCUT2D eigenvalue weighted by molar-refractivity contribution is 6.62. The van der Waals surface area contributed by atoms with Gasteiger partial charge in [-0.3, -0.25) is 4.90 Å². The summed E-state index contributed by atoms with van der Waals surface area (Å²) in [5.41, 5.74) is 7.78. The van der Waals surface area contributed by atoms with Crippen molar-refractivity contribution in [1.29, 1.82) is 0 Å². The van der Waals surface area contributed by atoms with Crippen LogP contribution in [0.5, 0.6) is 0 Å². The van der Waals surface area contributed by atoms with E-state index in [4.69, 9.17) is 15.0 Å². The maximum atomic E-state index is 6.14. The topological polar surface area (TPSA) is 47.7 Å². The van der Waals surface area contributed by atoms with Gasteiger partial charge in [0.25, 0.3) is 0 Å². The van der Waals surface area contributed by atoms with Crippen LogP contribution >= 0.6 is 0 Å². The number of hydrogen-bond acceptors (Lipinski definition) is 4. The SMILES string of the molecule is CC1(C)OB(c2cccc(CN3CC[C@@H](N)C3)c2)OC1(C)C. The highest BCUT2D eigenvalue weighted by Crippen LogP contribution is 2.36. The highest BCUT2D eigenvalue weighted by atomic mass is 16.7. The van der Waals surface area contributed by atoms with Crippen LogP contribution in [-0.4, -0.2) is 42.4 Å². The van der Waals surface area contributed by atoms with Crippen LogP contribution in [-0.2, 0) is 15.9 Å². The lowest BCUT2D eigenvalue weighted by atomic mass is 9.78. The minimum Gasteiger partial charge on any atom is -0.399 e. The highest BCUT2D eigenvalue weighted by Gasteiger charge is 2.51. The molecule has 0 spiro atoms. The molecule has 1 aromatic rings. The van der Waals surface area contributed by atoms with Crippen LogP contribution in [0.15, 0.2) is 24.3 Å². The molecule has 0 aliphatic carbocycles. The Morgan fingerprint density at radius 2 is 1.91 bits per heavy atom. The van der Waals surface area contributed by atoms with E-state index in [-0.39, 0.29) is 18.3 Å². The van der Waals surface area contributed by atoms with Crippen molar-refractivity contribution in [2.75, 3.05) is 13.1 Å². The summed E-state index contributed by atoms with van der Waals surface area (Å²) < 4.78 is 12.3. The Bertz CT molecular complexity index is 531. The molecule has 2 fully saturated rings. The van der Waals surface area contributed by atoms with Crippen LogP contribution in [0.4, 0.5) is 0 Å². The average molecular weight is 302 g/mol. The third-order valence-corrected chi connectivity index (χ3v) is 5.19. The molecule has 0 bridgehead atoms. The molecule has 0 radical (unpaired) electrons. The van der Waals surface area contributed by atoms with Crippen molar-refractivity contribution in [3.05, 3.63) is 29.8 Å². The molecule has 1 atom stereocenters. The van der Waals surface area contributed by atoms with Gasteiger partial charge in [-0.15, -0.1) is 0 Å². The van der Waals surface area contributed by atoms with Crippen LogP contribution < -0.4 is 11.2 Å². The number of nitrogens with two attached hydrogens (primary N) is 1. The van der Waals surface area contributed by atoms with Crippen molar-refractivity contribution >= 4 is 12.6 Å². The monoisotopic (exact) mass is 302 g/mol. The summed E-state index contributed by atoms with van der Waals surface area (Å²) in [6.07, 6.45) is 1.09. The molecule has 3 rings (SSSR count). The Kier molecular flexibility index (Phi) is 4.10. The van der Waals surface area contributed by atoms with Gasteiger partial charge in [-0.25, -0.2) is 0 Å². The third kappa shape index (κ3) is 3.09. The minimum absolute atomic E-state index is 0.286. The van der Waals surface area contributed by atoms with E-state index < -0.39 is 0 Å². The van der Waals surface area contributed by atoms with Crippen LogP contribution in [0.1, 0.15) is 39.7 Å². The first kappa shape index (κ1) is 16.0. The molecule has 22 heavy (non-hydrogen) atoms. The Hall–Kier alpha value is -0.875. The zero-order valence-electron chi connectivity index (χ0n) is 14.1. The second-order valence-corrected chi connectivity index (χ2v) is 7.62. The van der Waals surface area contributed by atoms with E-state index in [0.717, 1.165) is 31.5 Å². The first-order valence-electron chi connectivity index (χ1n) is 8.19. The van der Waals surface area contributed by atoms with E-state index in [1.807, 2.05) is 0 Å². The molecule has 2 aliphatic heterocycles. The first-order valence-corrected chi connectivity index (χ1v) is 8.19. The summed E-state index contributed by atoms with van der Waals surface area (Å²) in [6.45, 7) is 11.4. The normalized spacial score (nSPS) is 27.5. The fourth-order valence-corrected chi connectivity index (χ4v) is 3.08. The summed E-state index contributed by atoms with van der Waals surface area (Å²) in [5, 5.41) is 0. The number of likely N-dealkylation sites (tertiary alicyclic amines) is 1. The Labute approximate surface area is 134 Å². The van der Waals surface area contributed by atoms with Gasteiger partial charge in [0.2, 0.25) is 0 Å². The number of nitrogens with zero attached hydrogens (tertiary/aromatic N) is 1. The van der Waals surface area contributed by atoms with Gasteiger partial charge in [0.1, 0.15) is 0 Å². The van der Waals surface area contributed by atoms with Crippen molar-refractivity contribution in [3.8, 4) is 0 Å². The summed E-state index contributed by atoms with van der Waals surface area (Å²) in [4.78, 5) is 2.41. The lowest BCUT2D eigenvalue weighted by Crippen LogP contribution is -2.41. The van der Waals surface area contributed by atoms with Gasteiger partial charge in [-0.05, 0) is 45.1 Å². The molecule has 1 aromatic carbocycles. The average Bonchev–Trinajstić information content (AvgIpc) is 2.91. The molecule has 2 saturated heterocycles. The number of hydrogen-bond donors (Lipinski definition) is 1. The molecule has 5 heteroatoms. The van der Waals surface area contributed by atoms with Gasteiger partial charge in [-0.2, -0.15) is 0 Å².